The Morgan fingerprint density at radius 2 is 1.60 bits per heavy atom. The monoisotopic (exact) mass is 644 g/mol. The van der Waals surface area contributed by atoms with Gasteiger partial charge in [-0.15, -0.1) is 0 Å². The Balaban J connectivity index is 1.10. The van der Waals surface area contributed by atoms with Gasteiger partial charge in [-0.3, -0.25) is 9.78 Å². The summed E-state index contributed by atoms with van der Waals surface area (Å²) in [6.07, 6.45) is 9.08. The number of benzene rings is 3. The van der Waals surface area contributed by atoms with Gasteiger partial charge in [0.1, 0.15) is 0 Å². The fourth-order valence-corrected chi connectivity index (χ4v) is 8.21. The maximum atomic E-state index is 14.6. The summed E-state index contributed by atoms with van der Waals surface area (Å²) in [5.41, 5.74) is 7.60. The Labute approximate surface area is 284 Å². The lowest BCUT2D eigenvalue weighted by Gasteiger charge is -2.40. The van der Waals surface area contributed by atoms with Crippen LogP contribution in [0.2, 0.25) is 0 Å². The van der Waals surface area contributed by atoms with Crippen LogP contribution in [0.1, 0.15) is 80.4 Å². The fourth-order valence-electron chi connectivity index (χ4n) is 8.21. The van der Waals surface area contributed by atoms with Gasteiger partial charge < -0.3 is 24.2 Å². The summed E-state index contributed by atoms with van der Waals surface area (Å²) in [7, 11) is 0. The first kappa shape index (κ1) is 31.2. The van der Waals surface area contributed by atoms with Crippen LogP contribution in [0.15, 0.2) is 66.7 Å². The number of amides is 1. The molecule has 0 spiro atoms. The summed E-state index contributed by atoms with van der Waals surface area (Å²) in [6.45, 7) is 11.3. The minimum atomic E-state index is 0.132. The summed E-state index contributed by atoms with van der Waals surface area (Å²) in [5.74, 6) is 1.65. The lowest BCUT2D eigenvalue weighted by atomic mass is 9.78. The van der Waals surface area contributed by atoms with E-state index in [1.54, 1.807) is 0 Å². The molecule has 4 aromatic rings. The number of pyridine rings is 1. The number of likely N-dealkylation sites (tertiary alicyclic amines) is 2. The highest BCUT2D eigenvalue weighted by Crippen LogP contribution is 2.38. The number of hydrogen-bond donors (Lipinski definition) is 0. The molecule has 0 radical (unpaired) electrons. The molecule has 3 saturated heterocycles. The molecule has 4 aliphatic heterocycles. The molecule has 0 aliphatic carbocycles. The van der Waals surface area contributed by atoms with E-state index in [9.17, 15) is 4.79 Å². The van der Waals surface area contributed by atoms with Gasteiger partial charge in [0, 0.05) is 55.4 Å². The zero-order valence-electron chi connectivity index (χ0n) is 28.5. The largest absolute Gasteiger partial charge is 0.454 e. The minimum Gasteiger partial charge on any atom is -0.454 e. The topological polar surface area (TPSA) is 58.1 Å². The standard InChI is InChI=1S/C41H48N4O3/c1-3-41(2)16-21-44(22-17-41)33-12-8-29(9-13-33)23-32-26-36(40(46)45-20-6-7-34(45)27-43-18-4-5-19-43)35-24-30(10-14-37(35)42-32)31-11-15-38-39(25-31)48-28-47-38/h8-15,24-26,34H,3-7,16-23,27-28H2,1-2H3. The maximum absolute atomic E-state index is 14.6. The Hall–Kier alpha value is -4.10. The smallest absolute Gasteiger partial charge is 0.254 e. The van der Waals surface area contributed by atoms with Gasteiger partial charge in [-0.1, -0.05) is 44.5 Å². The number of aromatic nitrogens is 1. The third-order valence-electron chi connectivity index (χ3n) is 11.6. The van der Waals surface area contributed by atoms with Gasteiger partial charge in [-0.05, 0) is 116 Å². The molecule has 3 aromatic carbocycles. The van der Waals surface area contributed by atoms with Crippen LogP contribution in [0, 0.1) is 5.41 Å². The number of carbonyl (C=O) groups is 1. The van der Waals surface area contributed by atoms with Crippen molar-refractivity contribution in [3.8, 4) is 22.6 Å². The Morgan fingerprint density at radius 3 is 2.40 bits per heavy atom. The van der Waals surface area contributed by atoms with Gasteiger partial charge in [0.15, 0.2) is 11.5 Å². The van der Waals surface area contributed by atoms with Crippen LogP contribution >= 0.6 is 0 Å². The average Bonchev–Trinajstić information content (AvgIpc) is 3.91. The molecule has 48 heavy (non-hydrogen) atoms. The van der Waals surface area contributed by atoms with E-state index in [0.717, 1.165) is 96.9 Å². The number of fused-ring (bicyclic) bond motifs is 2. The zero-order chi connectivity index (χ0) is 32.7. The van der Waals surface area contributed by atoms with E-state index in [-0.39, 0.29) is 18.7 Å². The molecule has 1 aromatic heterocycles. The molecule has 0 saturated carbocycles. The Morgan fingerprint density at radius 1 is 0.854 bits per heavy atom. The second-order valence-corrected chi connectivity index (χ2v) is 14.8. The van der Waals surface area contributed by atoms with E-state index in [4.69, 9.17) is 14.5 Å². The van der Waals surface area contributed by atoms with Crippen LogP contribution in [0.4, 0.5) is 5.69 Å². The molecule has 4 aliphatic rings. The molecule has 5 heterocycles. The third kappa shape index (κ3) is 6.25. The van der Waals surface area contributed by atoms with E-state index in [1.165, 1.54) is 43.4 Å². The molecule has 8 rings (SSSR count). The molecule has 0 N–H and O–H groups in total. The SMILES string of the molecule is CCC1(C)CCN(c2ccc(Cc3cc(C(=O)N4CCCC4CN4CCCC4)c4cc(-c5ccc6c(c5)OCO6)ccc4n3)cc2)CC1. The summed E-state index contributed by atoms with van der Waals surface area (Å²) >= 11 is 0. The molecule has 1 atom stereocenters. The second-order valence-electron chi connectivity index (χ2n) is 14.8. The predicted molar refractivity (Wildman–Crippen MR) is 192 cm³/mol. The first-order chi connectivity index (χ1) is 23.4. The van der Waals surface area contributed by atoms with Crippen molar-refractivity contribution in [2.75, 3.05) is 51.0 Å². The predicted octanol–water partition coefficient (Wildman–Crippen LogP) is 7.94. The van der Waals surface area contributed by atoms with Gasteiger partial charge in [-0.25, -0.2) is 0 Å². The first-order valence-corrected chi connectivity index (χ1v) is 18.2. The highest BCUT2D eigenvalue weighted by atomic mass is 16.7. The van der Waals surface area contributed by atoms with E-state index < -0.39 is 0 Å². The lowest BCUT2D eigenvalue weighted by molar-refractivity contribution is 0.0710. The number of ether oxygens (including phenoxy) is 2. The van der Waals surface area contributed by atoms with Crippen LogP contribution in [0.25, 0.3) is 22.0 Å². The third-order valence-corrected chi connectivity index (χ3v) is 11.6. The first-order valence-electron chi connectivity index (χ1n) is 18.2. The summed E-state index contributed by atoms with van der Waals surface area (Å²) in [6, 6.07) is 23.7. The number of rotatable bonds is 8. The van der Waals surface area contributed by atoms with Gasteiger partial charge >= 0.3 is 0 Å². The van der Waals surface area contributed by atoms with Gasteiger partial charge in [0.25, 0.3) is 5.91 Å². The number of hydrogen-bond acceptors (Lipinski definition) is 6. The highest BCUT2D eigenvalue weighted by molar-refractivity contribution is 6.07. The minimum absolute atomic E-state index is 0.132. The zero-order valence-corrected chi connectivity index (χ0v) is 28.5. The van der Waals surface area contributed by atoms with Gasteiger partial charge in [-0.2, -0.15) is 0 Å². The van der Waals surface area contributed by atoms with Crippen molar-refractivity contribution in [2.24, 2.45) is 5.41 Å². The van der Waals surface area contributed by atoms with Crippen molar-refractivity contribution in [2.45, 2.75) is 71.3 Å². The number of anilines is 1. The molecular formula is C41H48N4O3. The fraction of sp³-hybridized carbons (Fsp3) is 0.463. The van der Waals surface area contributed by atoms with Crippen LogP contribution < -0.4 is 14.4 Å². The van der Waals surface area contributed by atoms with Gasteiger partial charge in [0.05, 0.1) is 11.1 Å². The number of carbonyl (C=O) groups excluding carboxylic acids is 1. The van der Waals surface area contributed by atoms with Crippen molar-refractivity contribution >= 4 is 22.5 Å². The van der Waals surface area contributed by atoms with E-state index in [1.807, 2.05) is 12.1 Å². The normalized spacial score (nSPS) is 20.6. The number of nitrogens with zero attached hydrogens (tertiary/aromatic N) is 4. The van der Waals surface area contributed by atoms with Crippen molar-refractivity contribution in [1.29, 1.82) is 0 Å². The van der Waals surface area contributed by atoms with E-state index in [0.29, 0.717) is 11.8 Å². The molecule has 1 amide bonds. The average molecular weight is 645 g/mol. The summed E-state index contributed by atoms with van der Waals surface area (Å²) in [5, 5.41) is 0.908. The van der Waals surface area contributed by atoms with Crippen LogP contribution in [0.3, 0.4) is 0 Å². The molecule has 3 fully saturated rings. The quantitative estimate of drug-likeness (QED) is 0.194. The maximum Gasteiger partial charge on any atom is 0.254 e. The van der Waals surface area contributed by atoms with E-state index in [2.05, 4.69) is 83.1 Å². The Bertz CT molecular complexity index is 1790. The summed E-state index contributed by atoms with van der Waals surface area (Å²) < 4.78 is 11.2. The second kappa shape index (κ2) is 13.1. The van der Waals surface area contributed by atoms with Crippen LogP contribution in [-0.4, -0.2) is 72.8 Å². The molecule has 250 valence electrons. The van der Waals surface area contributed by atoms with Crippen molar-refractivity contribution in [3.63, 3.8) is 0 Å². The molecule has 7 heteroatoms. The van der Waals surface area contributed by atoms with Crippen LogP contribution in [0.5, 0.6) is 11.5 Å². The Kier molecular flexibility index (Phi) is 8.49. The number of piperidine rings is 1. The van der Waals surface area contributed by atoms with Crippen molar-refractivity contribution < 1.29 is 14.3 Å². The van der Waals surface area contributed by atoms with Crippen molar-refractivity contribution in [3.05, 3.63) is 83.6 Å². The molecule has 1 unspecified atom stereocenters. The van der Waals surface area contributed by atoms with Crippen LogP contribution in [-0.2, 0) is 6.42 Å². The highest BCUT2D eigenvalue weighted by Gasteiger charge is 2.33. The van der Waals surface area contributed by atoms with Gasteiger partial charge in [0.2, 0.25) is 6.79 Å². The van der Waals surface area contributed by atoms with Crippen molar-refractivity contribution in [1.82, 2.24) is 14.8 Å². The lowest BCUT2D eigenvalue weighted by Crippen LogP contribution is -2.42. The molecular weight excluding hydrogens is 596 g/mol. The molecule has 0 bridgehead atoms. The van der Waals surface area contributed by atoms with E-state index >= 15 is 0 Å². The molecule has 7 nitrogen and oxygen atoms in total. The summed E-state index contributed by atoms with van der Waals surface area (Å²) in [4.78, 5) is 26.9.